The van der Waals surface area contributed by atoms with Gasteiger partial charge in [0, 0.05) is 6.54 Å². The van der Waals surface area contributed by atoms with Gasteiger partial charge in [-0.15, -0.1) is 0 Å². The van der Waals surface area contributed by atoms with Crippen molar-refractivity contribution in [1.82, 2.24) is 5.32 Å². The zero-order valence-corrected chi connectivity index (χ0v) is 11.6. The van der Waals surface area contributed by atoms with Gasteiger partial charge in [0.1, 0.15) is 5.75 Å². The summed E-state index contributed by atoms with van der Waals surface area (Å²) in [6.45, 7) is 0.661. The average molecular weight is 274 g/mol. The highest BCUT2D eigenvalue weighted by atomic mass is 16.3. The number of nitrogens with one attached hydrogen (secondary N) is 1. The normalized spacial score (nSPS) is 15.8. The fourth-order valence-corrected chi connectivity index (χ4v) is 2.42. The Morgan fingerprint density at radius 1 is 1.35 bits per heavy atom. The number of phenolic OH excluding ortho intramolecular Hbond substituents is 1. The number of aromatic hydroxyl groups is 1. The lowest BCUT2D eigenvalue weighted by Gasteiger charge is -2.12. The number of rotatable bonds is 6. The van der Waals surface area contributed by atoms with Crippen molar-refractivity contribution in [2.24, 2.45) is 5.73 Å². The van der Waals surface area contributed by atoms with Crippen LogP contribution in [0.5, 0.6) is 5.75 Å². The van der Waals surface area contributed by atoms with Crippen LogP contribution >= 0.6 is 0 Å². The number of phenols is 1. The molecule has 0 saturated carbocycles. The maximum absolute atomic E-state index is 11.9. The summed E-state index contributed by atoms with van der Waals surface area (Å²) in [6.07, 6.45) is 7.25. The summed E-state index contributed by atoms with van der Waals surface area (Å²) in [4.78, 5) is 11.9. The molecule has 4 N–H and O–H groups in total. The van der Waals surface area contributed by atoms with E-state index in [9.17, 15) is 9.90 Å². The Labute approximate surface area is 119 Å². The maximum Gasteiger partial charge on any atom is 0.237 e. The summed E-state index contributed by atoms with van der Waals surface area (Å²) in [5, 5.41) is 12.1. The fourth-order valence-electron chi connectivity index (χ4n) is 2.42. The molecule has 0 radical (unpaired) electrons. The van der Waals surface area contributed by atoms with Crippen molar-refractivity contribution in [3.8, 4) is 5.75 Å². The number of benzene rings is 1. The molecule has 0 spiro atoms. The molecule has 4 heteroatoms. The molecule has 20 heavy (non-hydrogen) atoms. The number of amides is 1. The molecular formula is C16H22N2O2. The van der Waals surface area contributed by atoms with Crippen LogP contribution in [0, 0.1) is 0 Å². The van der Waals surface area contributed by atoms with Crippen LogP contribution in [0.25, 0.3) is 0 Å². The third-order valence-corrected chi connectivity index (χ3v) is 3.61. The van der Waals surface area contributed by atoms with Crippen LogP contribution in [-0.4, -0.2) is 23.6 Å². The van der Waals surface area contributed by atoms with Crippen molar-refractivity contribution in [3.63, 3.8) is 0 Å². The highest BCUT2D eigenvalue weighted by Gasteiger charge is 2.14. The van der Waals surface area contributed by atoms with E-state index in [1.54, 1.807) is 24.3 Å². The van der Waals surface area contributed by atoms with Crippen LogP contribution in [0.1, 0.15) is 31.2 Å². The lowest BCUT2D eigenvalue weighted by atomic mass is 10.1. The molecule has 0 fully saturated rings. The Kier molecular flexibility index (Phi) is 5.18. The number of carbonyl (C=O) groups excluding carboxylic acids is 1. The molecule has 0 heterocycles. The second-order valence-electron chi connectivity index (χ2n) is 5.27. The van der Waals surface area contributed by atoms with Gasteiger partial charge in [-0.1, -0.05) is 23.8 Å². The van der Waals surface area contributed by atoms with Crippen molar-refractivity contribution in [2.45, 2.75) is 38.1 Å². The van der Waals surface area contributed by atoms with E-state index in [0.717, 1.165) is 18.4 Å². The number of hydrogen-bond acceptors (Lipinski definition) is 3. The molecule has 1 aromatic carbocycles. The summed E-state index contributed by atoms with van der Waals surface area (Å²) >= 11 is 0. The first-order valence-electron chi connectivity index (χ1n) is 7.14. The average Bonchev–Trinajstić information content (AvgIpc) is 2.94. The summed E-state index contributed by atoms with van der Waals surface area (Å²) in [7, 11) is 0. The number of carbonyl (C=O) groups is 1. The molecule has 1 aliphatic rings. The van der Waals surface area contributed by atoms with Gasteiger partial charge in [0.05, 0.1) is 6.04 Å². The van der Waals surface area contributed by atoms with Gasteiger partial charge in [-0.05, 0) is 49.8 Å². The zero-order chi connectivity index (χ0) is 14.4. The Hall–Kier alpha value is -1.81. The lowest BCUT2D eigenvalue weighted by Crippen LogP contribution is -2.42. The smallest absolute Gasteiger partial charge is 0.237 e. The largest absolute Gasteiger partial charge is 0.508 e. The molecule has 0 aliphatic heterocycles. The van der Waals surface area contributed by atoms with E-state index >= 15 is 0 Å². The minimum Gasteiger partial charge on any atom is -0.508 e. The van der Waals surface area contributed by atoms with E-state index < -0.39 is 6.04 Å². The quantitative estimate of drug-likeness (QED) is 0.693. The number of hydrogen-bond donors (Lipinski definition) is 3. The minimum absolute atomic E-state index is 0.114. The standard InChI is InChI=1S/C16H22N2O2/c17-15(11-13-5-7-14(19)8-6-13)16(20)18-10-9-12-3-1-2-4-12/h3,5-8,15,19H,1-2,4,9-11,17H2,(H,18,20). The van der Waals surface area contributed by atoms with Crippen molar-refractivity contribution in [2.75, 3.05) is 6.54 Å². The van der Waals surface area contributed by atoms with E-state index in [2.05, 4.69) is 11.4 Å². The zero-order valence-electron chi connectivity index (χ0n) is 11.6. The molecule has 1 amide bonds. The monoisotopic (exact) mass is 274 g/mol. The van der Waals surface area contributed by atoms with Crippen molar-refractivity contribution >= 4 is 5.91 Å². The van der Waals surface area contributed by atoms with Crippen LogP contribution in [0.4, 0.5) is 0 Å². The summed E-state index contributed by atoms with van der Waals surface area (Å²) < 4.78 is 0. The molecule has 1 aromatic rings. The maximum atomic E-state index is 11.9. The highest BCUT2D eigenvalue weighted by Crippen LogP contribution is 2.19. The van der Waals surface area contributed by atoms with E-state index in [-0.39, 0.29) is 11.7 Å². The fraction of sp³-hybridized carbons (Fsp3) is 0.438. The second-order valence-corrected chi connectivity index (χ2v) is 5.27. The summed E-state index contributed by atoms with van der Waals surface area (Å²) in [6, 6.07) is 6.23. The van der Waals surface area contributed by atoms with Gasteiger partial charge in [0.2, 0.25) is 5.91 Å². The van der Waals surface area contributed by atoms with E-state index in [1.807, 2.05) is 0 Å². The third kappa shape index (κ3) is 4.38. The van der Waals surface area contributed by atoms with E-state index in [4.69, 9.17) is 5.73 Å². The Morgan fingerprint density at radius 2 is 2.10 bits per heavy atom. The van der Waals surface area contributed by atoms with Gasteiger partial charge in [-0.2, -0.15) is 0 Å². The molecule has 0 bridgehead atoms. The molecule has 2 rings (SSSR count). The predicted molar refractivity (Wildman–Crippen MR) is 79.3 cm³/mol. The minimum atomic E-state index is -0.544. The number of nitrogens with two attached hydrogens (primary N) is 1. The lowest BCUT2D eigenvalue weighted by molar-refractivity contribution is -0.122. The molecule has 1 atom stereocenters. The highest BCUT2D eigenvalue weighted by molar-refractivity contribution is 5.81. The Bertz CT molecular complexity index is 480. The van der Waals surface area contributed by atoms with Crippen molar-refractivity contribution in [3.05, 3.63) is 41.5 Å². The molecule has 0 aromatic heterocycles. The van der Waals surface area contributed by atoms with Gasteiger partial charge in [-0.25, -0.2) is 0 Å². The van der Waals surface area contributed by atoms with Gasteiger partial charge in [0.15, 0.2) is 0 Å². The molecule has 0 saturated heterocycles. The van der Waals surface area contributed by atoms with Crippen LogP contribution in [0.3, 0.4) is 0 Å². The molecular weight excluding hydrogens is 252 g/mol. The van der Waals surface area contributed by atoms with Gasteiger partial charge in [-0.3, -0.25) is 4.79 Å². The predicted octanol–water partition coefficient (Wildman–Crippen LogP) is 1.88. The van der Waals surface area contributed by atoms with Crippen LogP contribution < -0.4 is 11.1 Å². The third-order valence-electron chi connectivity index (χ3n) is 3.61. The first-order chi connectivity index (χ1) is 9.65. The first-order valence-corrected chi connectivity index (χ1v) is 7.14. The van der Waals surface area contributed by atoms with Gasteiger partial charge >= 0.3 is 0 Å². The number of allylic oxidation sites excluding steroid dienone is 1. The van der Waals surface area contributed by atoms with Crippen molar-refractivity contribution in [1.29, 1.82) is 0 Å². The topological polar surface area (TPSA) is 75.3 Å². The summed E-state index contributed by atoms with van der Waals surface area (Å²) in [5.41, 5.74) is 8.28. The summed E-state index contributed by atoms with van der Waals surface area (Å²) in [5.74, 6) is 0.105. The molecule has 1 aliphatic carbocycles. The molecule has 108 valence electrons. The van der Waals surface area contributed by atoms with Gasteiger partial charge < -0.3 is 16.2 Å². The van der Waals surface area contributed by atoms with Crippen LogP contribution in [-0.2, 0) is 11.2 Å². The first kappa shape index (κ1) is 14.6. The molecule has 4 nitrogen and oxygen atoms in total. The van der Waals surface area contributed by atoms with E-state index in [1.165, 1.54) is 18.4 Å². The van der Waals surface area contributed by atoms with E-state index in [0.29, 0.717) is 13.0 Å². The second kappa shape index (κ2) is 7.10. The Morgan fingerprint density at radius 3 is 2.75 bits per heavy atom. The SMILES string of the molecule is NC(Cc1ccc(O)cc1)C(=O)NCCC1=CCCC1. The van der Waals surface area contributed by atoms with Crippen molar-refractivity contribution < 1.29 is 9.90 Å². The van der Waals surface area contributed by atoms with Gasteiger partial charge in [0.25, 0.3) is 0 Å². The van der Waals surface area contributed by atoms with Crippen LogP contribution in [0.15, 0.2) is 35.9 Å². The van der Waals surface area contributed by atoms with Crippen LogP contribution in [0.2, 0.25) is 0 Å². The Balaban J connectivity index is 1.72. The molecule has 1 unspecified atom stereocenters.